The Kier molecular flexibility index (Phi) is 8.16. The second-order valence-corrected chi connectivity index (χ2v) is 9.65. The Morgan fingerprint density at radius 3 is 2.18 bits per heavy atom. The normalized spacial score (nSPS) is 11.3. The molecule has 0 aliphatic heterocycles. The predicted octanol–water partition coefficient (Wildman–Crippen LogP) is 4.57. The molecule has 3 rings (SSSR count). The van der Waals surface area contributed by atoms with Gasteiger partial charge >= 0.3 is 0 Å². The molecular weight excluding hydrogens is 453 g/mol. The first-order valence-electron chi connectivity index (χ1n) is 10.9. The molecule has 0 N–H and O–H groups in total. The second-order valence-electron chi connectivity index (χ2n) is 7.72. The quantitative estimate of drug-likeness (QED) is 0.450. The third-order valence-corrected chi connectivity index (χ3v) is 7.48. The molecule has 0 atom stereocenters. The fourth-order valence-corrected chi connectivity index (χ4v) is 5.15. The summed E-state index contributed by atoms with van der Waals surface area (Å²) in [6, 6.07) is 20.9. The number of benzene rings is 3. The van der Waals surface area contributed by atoms with E-state index in [-0.39, 0.29) is 29.5 Å². The van der Waals surface area contributed by atoms with Crippen LogP contribution in [-0.2, 0) is 23.1 Å². The van der Waals surface area contributed by atoms with Crippen LogP contribution in [0.15, 0.2) is 77.7 Å². The highest BCUT2D eigenvalue weighted by atomic mass is 32.2. The first-order valence-corrected chi connectivity index (χ1v) is 12.4. The van der Waals surface area contributed by atoms with E-state index in [1.807, 2.05) is 0 Å². The zero-order chi connectivity index (χ0) is 24.7. The lowest BCUT2D eigenvalue weighted by molar-refractivity contribution is 0.0729. The van der Waals surface area contributed by atoms with E-state index in [1.165, 1.54) is 33.5 Å². The Balaban J connectivity index is 1.96. The van der Waals surface area contributed by atoms with Gasteiger partial charge in [-0.2, -0.15) is 9.57 Å². The molecule has 0 aliphatic rings. The maximum absolute atomic E-state index is 13.8. The number of hydrogen-bond donors (Lipinski definition) is 0. The van der Waals surface area contributed by atoms with Gasteiger partial charge in [-0.25, -0.2) is 12.8 Å². The highest BCUT2D eigenvalue weighted by molar-refractivity contribution is 7.89. The van der Waals surface area contributed by atoms with E-state index in [4.69, 9.17) is 5.26 Å². The summed E-state index contributed by atoms with van der Waals surface area (Å²) in [4.78, 5) is 15.1. The Morgan fingerprint density at radius 1 is 0.912 bits per heavy atom. The van der Waals surface area contributed by atoms with Gasteiger partial charge in [0, 0.05) is 31.7 Å². The summed E-state index contributed by atoms with van der Waals surface area (Å²) in [5, 5.41) is 9.03. The van der Waals surface area contributed by atoms with Gasteiger partial charge in [0.1, 0.15) is 5.82 Å². The van der Waals surface area contributed by atoms with E-state index in [9.17, 15) is 17.6 Å². The lowest BCUT2D eigenvalue weighted by Crippen LogP contribution is -2.32. The van der Waals surface area contributed by atoms with Crippen molar-refractivity contribution in [2.24, 2.45) is 0 Å². The zero-order valence-corrected chi connectivity index (χ0v) is 19.9. The first kappa shape index (κ1) is 25.1. The molecule has 6 nitrogen and oxygen atoms in total. The maximum atomic E-state index is 13.8. The van der Waals surface area contributed by atoms with Gasteiger partial charge in [0.05, 0.1) is 16.5 Å². The van der Waals surface area contributed by atoms with Crippen LogP contribution in [0, 0.1) is 17.1 Å². The van der Waals surface area contributed by atoms with Gasteiger partial charge in [0.2, 0.25) is 10.0 Å². The summed E-state index contributed by atoms with van der Waals surface area (Å²) in [7, 11) is -3.73. The minimum Gasteiger partial charge on any atom is -0.330 e. The van der Waals surface area contributed by atoms with Crippen molar-refractivity contribution in [2.75, 3.05) is 13.1 Å². The van der Waals surface area contributed by atoms with Crippen molar-refractivity contribution in [1.29, 1.82) is 5.26 Å². The minimum atomic E-state index is -3.73. The first-order chi connectivity index (χ1) is 16.3. The van der Waals surface area contributed by atoms with Gasteiger partial charge in [-0.3, -0.25) is 4.79 Å². The highest BCUT2D eigenvalue weighted by Crippen LogP contribution is 2.20. The van der Waals surface area contributed by atoms with E-state index in [0.29, 0.717) is 24.2 Å². The molecule has 0 saturated carbocycles. The number of rotatable bonds is 9. The fourth-order valence-electron chi connectivity index (χ4n) is 3.65. The molecule has 0 saturated heterocycles. The predicted molar refractivity (Wildman–Crippen MR) is 128 cm³/mol. The summed E-state index contributed by atoms with van der Waals surface area (Å²) in [6.45, 7) is 4.49. The molecule has 0 spiro atoms. The van der Waals surface area contributed by atoms with Gasteiger partial charge in [-0.05, 0) is 53.6 Å². The van der Waals surface area contributed by atoms with Crippen LogP contribution in [0.3, 0.4) is 0 Å². The summed E-state index contributed by atoms with van der Waals surface area (Å²) in [5.74, 6) is -0.791. The largest absolute Gasteiger partial charge is 0.330 e. The molecule has 3 aromatic carbocycles. The average molecular weight is 480 g/mol. The highest BCUT2D eigenvalue weighted by Gasteiger charge is 2.24. The Labute approximate surface area is 199 Å². The van der Waals surface area contributed by atoms with Crippen LogP contribution in [0.4, 0.5) is 4.39 Å². The monoisotopic (exact) mass is 479 g/mol. The molecule has 0 aliphatic carbocycles. The molecule has 0 heterocycles. The van der Waals surface area contributed by atoms with Crippen molar-refractivity contribution >= 4 is 15.9 Å². The van der Waals surface area contributed by atoms with Crippen molar-refractivity contribution in [2.45, 2.75) is 31.8 Å². The zero-order valence-electron chi connectivity index (χ0n) is 19.1. The summed E-state index contributed by atoms with van der Waals surface area (Å²) < 4.78 is 41.0. The SMILES string of the molecule is CCN(CC)S(=O)(=O)c1cccc(C(=O)N(Cc2ccc(C#N)cc2)Cc2cccc(F)c2)c1. The Morgan fingerprint density at radius 2 is 1.56 bits per heavy atom. The van der Waals surface area contributed by atoms with Crippen LogP contribution >= 0.6 is 0 Å². The van der Waals surface area contributed by atoms with Crippen LogP contribution in [0.2, 0.25) is 0 Å². The molecule has 34 heavy (non-hydrogen) atoms. The second kappa shape index (κ2) is 11.1. The van der Waals surface area contributed by atoms with Crippen molar-refractivity contribution < 1.29 is 17.6 Å². The number of sulfonamides is 1. The Hall–Kier alpha value is -3.54. The number of halogens is 1. The van der Waals surface area contributed by atoms with Crippen molar-refractivity contribution in [3.63, 3.8) is 0 Å². The third kappa shape index (κ3) is 5.87. The molecule has 0 aromatic heterocycles. The number of hydrogen-bond acceptors (Lipinski definition) is 4. The summed E-state index contributed by atoms with van der Waals surface area (Å²) in [6.07, 6.45) is 0. The molecule has 1 amide bonds. The van der Waals surface area contributed by atoms with Crippen molar-refractivity contribution in [3.8, 4) is 6.07 Å². The number of nitrogens with zero attached hydrogens (tertiary/aromatic N) is 3. The van der Waals surface area contributed by atoms with E-state index in [0.717, 1.165) is 5.56 Å². The van der Waals surface area contributed by atoms with Crippen molar-refractivity contribution in [3.05, 3.63) is 101 Å². The van der Waals surface area contributed by atoms with Gasteiger partial charge < -0.3 is 4.90 Å². The molecule has 0 fully saturated rings. The van der Waals surface area contributed by atoms with Crippen LogP contribution in [0.25, 0.3) is 0 Å². The number of carbonyl (C=O) groups excluding carboxylic acids is 1. The average Bonchev–Trinajstić information content (AvgIpc) is 2.84. The fraction of sp³-hybridized carbons (Fsp3) is 0.231. The van der Waals surface area contributed by atoms with Crippen LogP contribution in [0.5, 0.6) is 0 Å². The van der Waals surface area contributed by atoms with Crippen molar-refractivity contribution in [1.82, 2.24) is 9.21 Å². The van der Waals surface area contributed by atoms with Gasteiger partial charge in [-0.1, -0.05) is 44.2 Å². The minimum absolute atomic E-state index is 0.0473. The lowest BCUT2D eigenvalue weighted by Gasteiger charge is -2.24. The summed E-state index contributed by atoms with van der Waals surface area (Å²) >= 11 is 0. The topological polar surface area (TPSA) is 81.5 Å². The molecule has 0 bridgehead atoms. The van der Waals surface area contributed by atoms with Crippen LogP contribution in [-0.4, -0.2) is 36.6 Å². The van der Waals surface area contributed by atoms with E-state index < -0.39 is 15.8 Å². The molecule has 0 radical (unpaired) electrons. The number of nitriles is 1. The van der Waals surface area contributed by atoms with Crippen LogP contribution in [0.1, 0.15) is 40.9 Å². The van der Waals surface area contributed by atoms with Gasteiger partial charge in [0.15, 0.2) is 0 Å². The molecule has 8 heteroatoms. The van der Waals surface area contributed by atoms with Gasteiger partial charge in [0.25, 0.3) is 5.91 Å². The van der Waals surface area contributed by atoms with E-state index in [1.54, 1.807) is 62.4 Å². The molecule has 3 aromatic rings. The summed E-state index contributed by atoms with van der Waals surface area (Å²) in [5.41, 5.74) is 2.11. The lowest BCUT2D eigenvalue weighted by atomic mass is 10.1. The molecule has 176 valence electrons. The smallest absolute Gasteiger partial charge is 0.254 e. The standard InChI is InChI=1S/C26H26FN3O3S/c1-3-30(4-2)34(32,33)25-10-6-8-23(16-25)26(31)29(19-22-7-5-9-24(27)15-22)18-21-13-11-20(17-28)12-14-21/h5-16H,3-4,18-19H2,1-2H3. The van der Waals surface area contributed by atoms with Gasteiger partial charge in [-0.15, -0.1) is 0 Å². The number of amides is 1. The van der Waals surface area contributed by atoms with E-state index in [2.05, 4.69) is 6.07 Å². The Bertz CT molecular complexity index is 1300. The van der Waals surface area contributed by atoms with E-state index >= 15 is 0 Å². The number of carbonyl (C=O) groups is 1. The van der Waals surface area contributed by atoms with Crippen LogP contribution < -0.4 is 0 Å². The third-order valence-electron chi connectivity index (χ3n) is 5.43. The maximum Gasteiger partial charge on any atom is 0.254 e. The molecular formula is C26H26FN3O3S. The molecule has 0 unspecified atom stereocenters.